The number of nitrogens with one attached hydrogen (secondary N) is 1. The van der Waals surface area contributed by atoms with Gasteiger partial charge in [-0.1, -0.05) is 17.7 Å². The van der Waals surface area contributed by atoms with Crippen molar-refractivity contribution in [1.29, 1.82) is 0 Å². The van der Waals surface area contributed by atoms with Gasteiger partial charge in [0.25, 0.3) is 11.6 Å². The normalized spacial score (nSPS) is 11.4. The predicted molar refractivity (Wildman–Crippen MR) is 105 cm³/mol. The standard InChI is InChI=1S/C19H19ClN2O7/c1-3-29-16-7-5-11(9-17(16)28-2)14(10-18(23)24)21-19(25)12-4-6-13(20)15(8-12)22(26)27/h4-9,14H,3,10H2,1-2H3,(H,21,25)(H,23,24)/t14-/m0/s1. The first-order valence-electron chi connectivity index (χ1n) is 8.54. The number of carboxylic acid groups (broad SMARTS) is 1. The van der Waals surface area contributed by atoms with Crippen LogP contribution in [0.4, 0.5) is 5.69 Å². The molecule has 0 aliphatic carbocycles. The van der Waals surface area contributed by atoms with Gasteiger partial charge >= 0.3 is 5.97 Å². The van der Waals surface area contributed by atoms with Crippen molar-refractivity contribution in [3.05, 3.63) is 62.7 Å². The van der Waals surface area contributed by atoms with E-state index in [2.05, 4.69) is 5.32 Å². The summed E-state index contributed by atoms with van der Waals surface area (Å²) >= 11 is 5.76. The van der Waals surface area contributed by atoms with Gasteiger partial charge in [0.05, 0.1) is 31.1 Å². The van der Waals surface area contributed by atoms with E-state index in [9.17, 15) is 24.8 Å². The molecule has 1 atom stereocenters. The van der Waals surface area contributed by atoms with Crippen molar-refractivity contribution in [2.24, 2.45) is 0 Å². The monoisotopic (exact) mass is 422 g/mol. The predicted octanol–water partition coefficient (Wildman–Crippen LogP) is 3.60. The molecule has 154 valence electrons. The summed E-state index contributed by atoms with van der Waals surface area (Å²) in [7, 11) is 1.44. The number of methoxy groups -OCH3 is 1. The summed E-state index contributed by atoms with van der Waals surface area (Å²) in [6, 6.07) is 7.50. The van der Waals surface area contributed by atoms with Gasteiger partial charge in [-0.05, 0) is 36.8 Å². The van der Waals surface area contributed by atoms with Gasteiger partial charge in [0.15, 0.2) is 11.5 Å². The first-order chi connectivity index (χ1) is 13.8. The summed E-state index contributed by atoms with van der Waals surface area (Å²) < 4.78 is 10.7. The second-order valence-electron chi connectivity index (χ2n) is 5.89. The largest absolute Gasteiger partial charge is 0.493 e. The van der Waals surface area contributed by atoms with Crippen molar-refractivity contribution < 1.29 is 29.1 Å². The molecule has 1 amide bonds. The molecule has 0 bridgehead atoms. The molecule has 0 aromatic heterocycles. The highest BCUT2D eigenvalue weighted by atomic mass is 35.5. The smallest absolute Gasteiger partial charge is 0.305 e. The maximum atomic E-state index is 12.6. The van der Waals surface area contributed by atoms with Crippen molar-refractivity contribution >= 4 is 29.2 Å². The van der Waals surface area contributed by atoms with Crippen LogP contribution in [0.3, 0.4) is 0 Å². The van der Waals surface area contributed by atoms with Crippen LogP contribution in [0.25, 0.3) is 0 Å². The zero-order valence-electron chi connectivity index (χ0n) is 15.7. The maximum absolute atomic E-state index is 12.6. The number of nitro groups is 1. The van der Waals surface area contributed by atoms with E-state index in [1.165, 1.54) is 19.2 Å². The number of amides is 1. The Morgan fingerprint density at radius 3 is 2.55 bits per heavy atom. The van der Waals surface area contributed by atoms with Crippen molar-refractivity contribution in [2.45, 2.75) is 19.4 Å². The van der Waals surface area contributed by atoms with Crippen molar-refractivity contribution in [1.82, 2.24) is 5.32 Å². The number of nitrogens with zero attached hydrogens (tertiary/aromatic N) is 1. The summed E-state index contributed by atoms with van der Waals surface area (Å²) in [4.78, 5) is 34.2. The van der Waals surface area contributed by atoms with E-state index in [0.29, 0.717) is 23.7 Å². The van der Waals surface area contributed by atoms with Gasteiger partial charge in [-0.2, -0.15) is 0 Å². The van der Waals surface area contributed by atoms with Crippen LogP contribution >= 0.6 is 11.6 Å². The van der Waals surface area contributed by atoms with Crippen LogP contribution < -0.4 is 14.8 Å². The van der Waals surface area contributed by atoms with Gasteiger partial charge in [0, 0.05) is 11.6 Å². The lowest BCUT2D eigenvalue weighted by Gasteiger charge is -2.19. The lowest BCUT2D eigenvalue weighted by Crippen LogP contribution is -2.30. The molecule has 2 aromatic rings. The lowest BCUT2D eigenvalue weighted by molar-refractivity contribution is -0.384. The Kier molecular flexibility index (Phi) is 7.38. The van der Waals surface area contributed by atoms with E-state index in [-0.39, 0.29) is 10.6 Å². The van der Waals surface area contributed by atoms with Crippen LogP contribution in [-0.4, -0.2) is 35.6 Å². The average molecular weight is 423 g/mol. The molecule has 2 aromatic carbocycles. The highest BCUT2D eigenvalue weighted by molar-refractivity contribution is 6.32. The second kappa shape index (κ2) is 9.74. The molecule has 2 N–H and O–H groups in total. The molecule has 0 fully saturated rings. The summed E-state index contributed by atoms with van der Waals surface area (Å²) in [6.07, 6.45) is -0.404. The molecule has 0 spiro atoms. The van der Waals surface area contributed by atoms with E-state index in [1.54, 1.807) is 18.2 Å². The average Bonchev–Trinajstić information content (AvgIpc) is 2.67. The van der Waals surface area contributed by atoms with Crippen molar-refractivity contribution in [3.8, 4) is 11.5 Å². The second-order valence-corrected chi connectivity index (χ2v) is 6.30. The molecule has 29 heavy (non-hydrogen) atoms. The quantitative estimate of drug-likeness (QED) is 0.466. The fourth-order valence-electron chi connectivity index (χ4n) is 2.64. The SMILES string of the molecule is CCOc1ccc([C@H](CC(=O)O)NC(=O)c2ccc(Cl)c([N+](=O)[O-])c2)cc1OC. The number of hydrogen-bond donors (Lipinski definition) is 2. The van der Waals surface area contributed by atoms with E-state index in [1.807, 2.05) is 6.92 Å². The molecular formula is C19H19ClN2O7. The molecule has 0 unspecified atom stereocenters. The van der Waals surface area contributed by atoms with E-state index in [0.717, 1.165) is 6.07 Å². The Morgan fingerprint density at radius 2 is 1.97 bits per heavy atom. The third-order valence-electron chi connectivity index (χ3n) is 3.98. The molecular weight excluding hydrogens is 404 g/mol. The molecule has 9 nitrogen and oxygen atoms in total. The molecule has 0 aliphatic rings. The first-order valence-corrected chi connectivity index (χ1v) is 8.92. The summed E-state index contributed by atoms with van der Waals surface area (Å²) in [5.41, 5.74) is 0.0377. The summed E-state index contributed by atoms with van der Waals surface area (Å²) in [5, 5.41) is 22.7. The molecule has 0 saturated carbocycles. The number of carboxylic acids is 1. The number of halogens is 1. The number of carbonyl (C=O) groups excluding carboxylic acids is 1. The number of hydrogen-bond acceptors (Lipinski definition) is 6. The first kappa shape index (κ1) is 22.0. The van der Waals surface area contributed by atoms with Gasteiger partial charge in [-0.25, -0.2) is 0 Å². The number of aliphatic carboxylic acids is 1. The number of benzene rings is 2. The molecule has 0 aliphatic heterocycles. The zero-order valence-corrected chi connectivity index (χ0v) is 16.4. The summed E-state index contributed by atoms with van der Waals surface area (Å²) in [6.45, 7) is 2.23. The zero-order chi connectivity index (χ0) is 21.6. The lowest BCUT2D eigenvalue weighted by atomic mass is 10.0. The van der Waals surface area contributed by atoms with Crippen LogP contribution in [0, 0.1) is 10.1 Å². The highest BCUT2D eigenvalue weighted by Gasteiger charge is 2.22. The van der Waals surface area contributed by atoms with Crippen LogP contribution in [0.2, 0.25) is 5.02 Å². The van der Waals surface area contributed by atoms with Crippen molar-refractivity contribution in [2.75, 3.05) is 13.7 Å². The Labute approximate surface area is 171 Å². The molecule has 0 saturated heterocycles. The number of ether oxygens (including phenoxy) is 2. The number of rotatable bonds is 9. The van der Waals surface area contributed by atoms with Gasteiger partial charge in [-0.3, -0.25) is 19.7 Å². The third kappa shape index (κ3) is 5.58. The van der Waals surface area contributed by atoms with Gasteiger partial charge in [0.2, 0.25) is 0 Å². The number of nitro benzene ring substituents is 1. The van der Waals surface area contributed by atoms with Crippen LogP contribution in [0.15, 0.2) is 36.4 Å². The van der Waals surface area contributed by atoms with Gasteiger partial charge < -0.3 is 19.9 Å². The fraction of sp³-hybridized carbons (Fsp3) is 0.263. The van der Waals surface area contributed by atoms with Crippen LogP contribution in [0.1, 0.15) is 35.3 Å². The molecule has 10 heteroatoms. The highest BCUT2D eigenvalue weighted by Crippen LogP contribution is 2.32. The van der Waals surface area contributed by atoms with Gasteiger partial charge in [-0.15, -0.1) is 0 Å². The molecule has 2 rings (SSSR count). The van der Waals surface area contributed by atoms with Crippen LogP contribution in [-0.2, 0) is 4.79 Å². The van der Waals surface area contributed by atoms with Crippen molar-refractivity contribution in [3.63, 3.8) is 0 Å². The third-order valence-corrected chi connectivity index (χ3v) is 4.30. The Bertz CT molecular complexity index is 933. The minimum atomic E-state index is -1.13. The van der Waals surface area contributed by atoms with Crippen LogP contribution in [0.5, 0.6) is 11.5 Å². The van der Waals surface area contributed by atoms with Gasteiger partial charge in [0.1, 0.15) is 5.02 Å². The Morgan fingerprint density at radius 1 is 1.24 bits per heavy atom. The van der Waals surface area contributed by atoms with E-state index >= 15 is 0 Å². The minimum Gasteiger partial charge on any atom is -0.493 e. The number of carbonyl (C=O) groups is 2. The Hall–Kier alpha value is -3.33. The van der Waals surface area contributed by atoms with E-state index in [4.69, 9.17) is 21.1 Å². The van der Waals surface area contributed by atoms with E-state index < -0.39 is 34.9 Å². The summed E-state index contributed by atoms with van der Waals surface area (Å²) in [5.74, 6) is -0.947. The topological polar surface area (TPSA) is 128 Å². The minimum absolute atomic E-state index is 0.0191. The fourth-order valence-corrected chi connectivity index (χ4v) is 2.82. The molecule has 0 heterocycles. The maximum Gasteiger partial charge on any atom is 0.305 e. The molecule has 0 radical (unpaired) electrons. The Balaban J connectivity index is 2.34.